The highest BCUT2D eigenvalue weighted by Crippen LogP contribution is 2.37. The third-order valence-electron chi connectivity index (χ3n) is 5.06. The van der Waals surface area contributed by atoms with Crippen molar-refractivity contribution in [2.75, 3.05) is 5.32 Å². The number of carbonyl (C=O) groups excluding carboxylic acids is 2. The second kappa shape index (κ2) is 6.59. The molecule has 3 heterocycles. The predicted octanol–water partition coefficient (Wildman–Crippen LogP) is 3.60. The smallest absolute Gasteiger partial charge is 0.313 e. The lowest BCUT2D eigenvalue weighted by molar-refractivity contribution is -0.144. The Kier molecular flexibility index (Phi) is 4.29. The summed E-state index contributed by atoms with van der Waals surface area (Å²) >= 11 is 3.41. The summed E-state index contributed by atoms with van der Waals surface area (Å²) in [7, 11) is 0. The number of anilines is 1. The van der Waals surface area contributed by atoms with Gasteiger partial charge in [-0.2, -0.15) is 0 Å². The maximum atomic E-state index is 12.4. The van der Waals surface area contributed by atoms with Crippen LogP contribution in [0.3, 0.4) is 0 Å². The van der Waals surface area contributed by atoms with E-state index in [1.807, 2.05) is 18.2 Å². The lowest BCUT2D eigenvalue weighted by Gasteiger charge is -2.21. The van der Waals surface area contributed by atoms with Crippen molar-refractivity contribution in [1.29, 1.82) is 0 Å². The molecule has 1 aromatic carbocycles. The van der Waals surface area contributed by atoms with Crippen LogP contribution in [0.1, 0.15) is 25.7 Å². The van der Waals surface area contributed by atoms with Crippen LogP contribution in [0.2, 0.25) is 0 Å². The van der Waals surface area contributed by atoms with Crippen LogP contribution >= 0.6 is 15.9 Å². The molecule has 2 aliphatic rings. The largest absolute Gasteiger partial charge is 0.328 e. The molecule has 2 saturated heterocycles. The van der Waals surface area contributed by atoms with E-state index in [1.54, 1.807) is 29.4 Å². The molecule has 2 amide bonds. The monoisotopic (exact) mass is 399 g/mol. The standard InChI is InChI=1S/C19H18BrN3O2/c20-14-9-13(10-21-11-14)12-1-3-15(4-2-12)22-18(24)19(25)23-16-5-6-17(23)8-7-16/h1-4,9-11,16-17H,5-8H2,(H,22,24). The highest BCUT2D eigenvalue weighted by molar-refractivity contribution is 9.10. The fraction of sp³-hybridized carbons (Fsp3) is 0.316. The maximum Gasteiger partial charge on any atom is 0.313 e. The minimum Gasteiger partial charge on any atom is -0.328 e. The molecule has 0 spiro atoms. The number of amides is 2. The van der Waals surface area contributed by atoms with Crippen molar-refractivity contribution in [2.45, 2.75) is 37.8 Å². The Morgan fingerprint density at radius 3 is 2.24 bits per heavy atom. The van der Waals surface area contributed by atoms with Gasteiger partial charge in [-0.3, -0.25) is 14.6 Å². The van der Waals surface area contributed by atoms with E-state index in [9.17, 15) is 9.59 Å². The van der Waals surface area contributed by atoms with Gasteiger partial charge in [0.2, 0.25) is 0 Å². The molecule has 0 aliphatic carbocycles. The number of fused-ring (bicyclic) bond motifs is 2. The van der Waals surface area contributed by atoms with Crippen LogP contribution < -0.4 is 5.32 Å². The molecule has 2 aromatic rings. The molecule has 128 valence electrons. The SMILES string of the molecule is O=C(Nc1ccc(-c2cncc(Br)c2)cc1)C(=O)N1C2CCC1CC2. The van der Waals surface area contributed by atoms with Gasteiger partial charge in [0.1, 0.15) is 0 Å². The summed E-state index contributed by atoms with van der Waals surface area (Å²) in [6.07, 6.45) is 7.62. The average Bonchev–Trinajstić information content (AvgIpc) is 3.22. The summed E-state index contributed by atoms with van der Waals surface area (Å²) in [5, 5.41) is 2.72. The number of rotatable bonds is 2. The molecule has 0 atom stereocenters. The molecule has 0 saturated carbocycles. The summed E-state index contributed by atoms with van der Waals surface area (Å²) < 4.78 is 0.910. The Morgan fingerprint density at radius 1 is 1.00 bits per heavy atom. The summed E-state index contributed by atoms with van der Waals surface area (Å²) in [5.41, 5.74) is 2.60. The fourth-order valence-electron chi connectivity index (χ4n) is 3.86. The first-order valence-electron chi connectivity index (χ1n) is 8.46. The second-order valence-corrected chi connectivity index (χ2v) is 7.51. The third-order valence-corrected chi connectivity index (χ3v) is 5.50. The van der Waals surface area contributed by atoms with Gasteiger partial charge in [-0.15, -0.1) is 0 Å². The number of benzene rings is 1. The third kappa shape index (κ3) is 3.18. The molecule has 1 aromatic heterocycles. The van der Waals surface area contributed by atoms with Gasteiger partial charge in [0.05, 0.1) is 0 Å². The minimum absolute atomic E-state index is 0.259. The molecule has 0 unspecified atom stereocenters. The highest BCUT2D eigenvalue weighted by atomic mass is 79.9. The van der Waals surface area contributed by atoms with Crippen molar-refractivity contribution >= 4 is 33.4 Å². The summed E-state index contributed by atoms with van der Waals surface area (Å²) in [4.78, 5) is 30.7. The molecule has 6 heteroatoms. The molecule has 25 heavy (non-hydrogen) atoms. The number of aromatic nitrogens is 1. The van der Waals surface area contributed by atoms with Crippen LogP contribution in [0.4, 0.5) is 5.69 Å². The average molecular weight is 400 g/mol. The van der Waals surface area contributed by atoms with E-state index in [0.717, 1.165) is 41.3 Å². The van der Waals surface area contributed by atoms with Crippen LogP contribution in [-0.2, 0) is 9.59 Å². The van der Waals surface area contributed by atoms with Crippen LogP contribution in [0, 0.1) is 0 Å². The van der Waals surface area contributed by atoms with E-state index in [1.165, 1.54) is 0 Å². The molecular formula is C19H18BrN3O2. The van der Waals surface area contributed by atoms with Crippen LogP contribution in [0.15, 0.2) is 47.2 Å². The Balaban J connectivity index is 1.44. The van der Waals surface area contributed by atoms with Crippen molar-refractivity contribution in [1.82, 2.24) is 9.88 Å². The number of pyridine rings is 1. The topological polar surface area (TPSA) is 62.3 Å². The Labute approximate surface area is 154 Å². The van der Waals surface area contributed by atoms with Crippen molar-refractivity contribution in [2.24, 2.45) is 0 Å². The number of nitrogens with one attached hydrogen (secondary N) is 1. The zero-order valence-corrected chi connectivity index (χ0v) is 15.2. The Hall–Kier alpha value is -2.21. The highest BCUT2D eigenvalue weighted by Gasteiger charge is 2.44. The fourth-order valence-corrected chi connectivity index (χ4v) is 4.23. The van der Waals surface area contributed by atoms with Crippen molar-refractivity contribution in [3.63, 3.8) is 0 Å². The zero-order chi connectivity index (χ0) is 17.4. The maximum absolute atomic E-state index is 12.4. The van der Waals surface area contributed by atoms with Crippen molar-refractivity contribution < 1.29 is 9.59 Å². The summed E-state index contributed by atoms with van der Waals surface area (Å²) in [6, 6.07) is 9.92. The molecule has 0 radical (unpaired) electrons. The summed E-state index contributed by atoms with van der Waals surface area (Å²) in [5.74, 6) is -0.944. The van der Waals surface area contributed by atoms with Gasteiger partial charge in [-0.25, -0.2) is 0 Å². The number of carbonyl (C=O) groups is 2. The molecule has 2 fully saturated rings. The predicted molar refractivity (Wildman–Crippen MR) is 98.9 cm³/mol. The van der Waals surface area contributed by atoms with E-state index in [2.05, 4.69) is 26.2 Å². The first-order chi connectivity index (χ1) is 12.1. The summed E-state index contributed by atoms with van der Waals surface area (Å²) in [6.45, 7) is 0. The molecular weight excluding hydrogens is 382 g/mol. The van der Waals surface area contributed by atoms with Gasteiger partial charge >= 0.3 is 11.8 Å². The molecule has 2 bridgehead atoms. The Morgan fingerprint density at radius 2 is 1.64 bits per heavy atom. The van der Waals surface area contributed by atoms with Crippen LogP contribution in [0.25, 0.3) is 11.1 Å². The molecule has 2 aliphatic heterocycles. The van der Waals surface area contributed by atoms with E-state index in [-0.39, 0.29) is 12.1 Å². The first-order valence-corrected chi connectivity index (χ1v) is 9.26. The van der Waals surface area contributed by atoms with Crippen molar-refractivity contribution in [3.05, 3.63) is 47.2 Å². The first kappa shape index (κ1) is 16.3. The molecule has 1 N–H and O–H groups in total. The molecule has 5 nitrogen and oxygen atoms in total. The van der Waals surface area contributed by atoms with E-state index in [4.69, 9.17) is 0 Å². The number of nitrogens with zero attached hydrogens (tertiary/aromatic N) is 2. The van der Waals surface area contributed by atoms with Gasteiger partial charge in [0, 0.05) is 40.2 Å². The van der Waals surface area contributed by atoms with E-state index in [0.29, 0.717) is 5.69 Å². The van der Waals surface area contributed by atoms with Gasteiger partial charge in [0.15, 0.2) is 0 Å². The number of halogens is 1. The molecule has 4 rings (SSSR count). The normalized spacial score (nSPS) is 21.4. The second-order valence-electron chi connectivity index (χ2n) is 6.60. The number of hydrogen-bond acceptors (Lipinski definition) is 3. The van der Waals surface area contributed by atoms with Crippen LogP contribution in [0.5, 0.6) is 0 Å². The van der Waals surface area contributed by atoms with Gasteiger partial charge in [-0.05, 0) is 65.4 Å². The zero-order valence-electron chi connectivity index (χ0n) is 13.6. The number of hydrogen-bond donors (Lipinski definition) is 1. The minimum atomic E-state index is -0.546. The van der Waals surface area contributed by atoms with E-state index < -0.39 is 11.8 Å². The van der Waals surface area contributed by atoms with Gasteiger partial charge in [0.25, 0.3) is 0 Å². The van der Waals surface area contributed by atoms with Crippen LogP contribution in [-0.4, -0.2) is 33.8 Å². The van der Waals surface area contributed by atoms with Gasteiger partial charge < -0.3 is 10.2 Å². The quantitative estimate of drug-likeness (QED) is 0.784. The van der Waals surface area contributed by atoms with Crippen molar-refractivity contribution in [3.8, 4) is 11.1 Å². The van der Waals surface area contributed by atoms with E-state index >= 15 is 0 Å². The Bertz CT molecular complexity index is 802. The van der Waals surface area contributed by atoms with Gasteiger partial charge in [-0.1, -0.05) is 12.1 Å². The lowest BCUT2D eigenvalue weighted by Crippen LogP contribution is -2.42. The lowest BCUT2D eigenvalue weighted by atomic mass is 10.0.